The summed E-state index contributed by atoms with van der Waals surface area (Å²) < 4.78 is 22.4. The van der Waals surface area contributed by atoms with Gasteiger partial charge in [0.2, 0.25) is 0 Å². The number of halogens is 1. The minimum atomic E-state index is -0.819. The van der Waals surface area contributed by atoms with E-state index in [1.807, 2.05) is 20.8 Å². The van der Waals surface area contributed by atoms with Crippen LogP contribution < -0.4 is 4.74 Å². The van der Waals surface area contributed by atoms with E-state index < -0.39 is 12.0 Å². The Hall–Kier alpha value is -1.58. The Balaban J connectivity index is 2.46. The molecule has 0 spiro atoms. The van der Waals surface area contributed by atoms with E-state index in [1.165, 1.54) is 18.2 Å². The SMILES string of the molecule is CC(C)(C)COC(=O)Oc1cccc(F)c1. The van der Waals surface area contributed by atoms with Gasteiger partial charge in [0.05, 0.1) is 6.61 Å². The molecule has 0 fully saturated rings. The first-order valence-corrected chi connectivity index (χ1v) is 4.97. The quantitative estimate of drug-likeness (QED) is 0.572. The molecule has 4 heteroatoms. The van der Waals surface area contributed by atoms with Gasteiger partial charge in [-0.2, -0.15) is 0 Å². The Kier molecular flexibility index (Phi) is 3.88. The fourth-order valence-electron chi connectivity index (χ4n) is 0.932. The zero-order valence-corrected chi connectivity index (χ0v) is 9.62. The zero-order valence-electron chi connectivity index (χ0n) is 9.62. The summed E-state index contributed by atoms with van der Waals surface area (Å²) in [4.78, 5) is 11.2. The first-order chi connectivity index (χ1) is 7.37. The van der Waals surface area contributed by atoms with E-state index in [1.54, 1.807) is 0 Å². The Bertz CT molecular complexity index is 369. The van der Waals surface area contributed by atoms with Gasteiger partial charge < -0.3 is 9.47 Å². The second-order valence-corrected chi connectivity index (χ2v) is 4.66. The van der Waals surface area contributed by atoms with Crippen molar-refractivity contribution in [2.45, 2.75) is 20.8 Å². The fourth-order valence-corrected chi connectivity index (χ4v) is 0.932. The number of rotatable bonds is 2. The van der Waals surface area contributed by atoms with Crippen LogP contribution in [-0.2, 0) is 4.74 Å². The maximum absolute atomic E-state index is 12.8. The number of benzene rings is 1. The molecule has 88 valence electrons. The Morgan fingerprint density at radius 1 is 1.38 bits per heavy atom. The lowest BCUT2D eigenvalue weighted by atomic mass is 9.99. The van der Waals surface area contributed by atoms with Crippen molar-refractivity contribution >= 4 is 6.16 Å². The first kappa shape index (κ1) is 12.5. The number of hydrogen-bond acceptors (Lipinski definition) is 3. The predicted molar refractivity (Wildman–Crippen MR) is 57.8 cm³/mol. The van der Waals surface area contributed by atoms with Crippen LogP contribution in [0, 0.1) is 11.2 Å². The van der Waals surface area contributed by atoms with Crippen LogP contribution in [0.3, 0.4) is 0 Å². The van der Waals surface area contributed by atoms with Gasteiger partial charge in [0.15, 0.2) is 0 Å². The molecule has 1 rings (SSSR count). The highest BCUT2D eigenvalue weighted by Gasteiger charge is 2.15. The molecule has 0 unspecified atom stereocenters. The van der Waals surface area contributed by atoms with Crippen molar-refractivity contribution in [3.8, 4) is 5.75 Å². The van der Waals surface area contributed by atoms with E-state index in [9.17, 15) is 9.18 Å². The summed E-state index contributed by atoms with van der Waals surface area (Å²) in [6, 6.07) is 5.34. The molecule has 3 nitrogen and oxygen atoms in total. The smallest absolute Gasteiger partial charge is 0.433 e. The molecule has 0 radical (unpaired) electrons. The summed E-state index contributed by atoms with van der Waals surface area (Å²) in [7, 11) is 0. The molecular weight excluding hydrogens is 211 g/mol. The molecule has 16 heavy (non-hydrogen) atoms. The van der Waals surface area contributed by atoms with Crippen LogP contribution in [0.2, 0.25) is 0 Å². The van der Waals surface area contributed by atoms with Gasteiger partial charge in [-0.3, -0.25) is 0 Å². The average molecular weight is 226 g/mol. The van der Waals surface area contributed by atoms with E-state index in [0.29, 0.717) is 0 Å². The van der Waals surface area contributed by atoms with Crippen LogP contribution in [-0.4, -0.2) is 12.8 Å². The third-order valence-electron chi connectivity index (χ3n) is 1.62. The second kappa shape index (κ2) is 4.96. The molecular formula is C12H15FO3. The number of ether oxygens (including phenoxy) is 2. The van der Waals surface area contributed by atoms with Crippen LogP contribution >= 0.6 is 0 Å². The highest BCUT2D eigenvalue weighted by molar-refractivity contribution is 5.63. The minimum absolute atomic E-state index is 0.124. The van der Waals surface area contributed by atoms with Crippen molar-refractivity contribution in [2.24, 2.45) is 5.41 Å². The van der Waals surface area contributed by atoms with Gasteiger partial charge >= 0.3 is 6.16 Å². The molecule has 0 saturated carbocycles. The van der Waals surface area contributed by atoms with Crippen LogP contribution in [0.25, 0.3) is 0 Å². The molecule has 0 amide bonds. The second-order valence-electron chi connectivity index (χ2n) is 4.66. The van der Waals surface area contributed by atoms with Gasteiger partial charge in [-0.1, -0.05) is 26.8 Å². The number of carbonyl (C=O) groups is 1. The van der Waals surface area contributed by atoms with E-state index in [2.05, 4.69) is 0 Å². The maximum Gasteiger partial charge on any atom is 0.513 e. The largest absolute Gasteiger partial charge is 0.513 e. The maximum atomic E-state index is 12.8. The topological polar surface area (TPSA) is 35.5 Å². The van der Waals surface area contributed by atoms with Gasteiger partial charge in [0.25, 0.3) is 0 Å². The summed E-state index contributed by atoms with van der Waals surface area (Å²) in [6.45, 7) is 6.05. The lowest BCUT2D eigenvalue weighted by Gasteiger charge is -2.17. The van der Waals surface area contributed by atoms with Crippen LogP contribution in [0.4, 0.5) is 9.18 Å². The molecule has 0 bridgehead atoms. The van der Waals surface area contributed by atoms with Crippen molar-refractivity contribution in [1.82, 2.24) is 0 Å². The number of carbonyl (C=O) groups excluding carboxylic acids is 1. The third-order valence-corrected chi connectivity index (χ3v) is 1.62. The minimum Gasteiger partial charge on any atom is -0.433 e. The molecule has 0 atom stereocenters. The molecule has 0 aliphatic carbocycles. The van der Waals surface area contributed by atoms with E-state index in [4.69, 9.17) is 9.47 Å². The molecule has 0 aliphatic rings. The number of hydrogen-bond donors (Lipinski definition) is 0. The van der Waals surface area contributed by atoms with Crippen molar-refractivity contribution < 1.29 is 18.7 Å². The molecule has 1 aromatic carbocycles. The van der Waals surface area contributed by atoms with Gasteiger partial charge in [0, 0.05) is 6.07 Å². The molecule has 0 N–H and O–H groups in total. The van der Waals surface area contributed by atoms with Crippen LogP contribution in [0.5, 0.6) is 5.75 Å². The summed E-state index contributed by atoms with van der Waals surface area (Å²) in [6.07, 6.45) is -0.819. The van der Waals surface area contributed by atoms with Gasteiger partial charge in [-0.05, 0) is 17.5 Å². The monoisotopic (exact) mass is 226 g/mol. The molecule has 1 aromatic rings. The highest BCUT2D eigenvalue weighted by atomic mass is 19.1. The average Bonchev–Trinajstić information content (AvgIpc) is 2.14. The Morgan fingerprint density at radius 3 is 2.62 bits per heavy atom. The van der Waals surface area contributed by atoms with Gasteiger partial charge in [0.1, 0.15) is 11.6 Å². The fraction of sp³-hybridized carbons (Fsp3) is 0.417. The van der Waals surface area contributed by atoms with Crippen molar-refractivity contribution in [3.63, 3.8) is 0 Å². The summed E-state index contributed by atoms with van der Waals surface area (Å²) in [5, 5.41) is 0. The highest BCUT2D eigenvalue weighted by Crippen LogP contribution is 2.15. The summed E-state index contributed by atoms with van der Waals surface area (Å²) >= 11 is 0. The van der Waals surface area contributed by atoms with Crippen LogP contribution in [0.1, 0.15) is 20.8 Å². The van der Waals surface area contributed by atoms with Crippen molar-refractivity contribution in [2.75, 3.05) is 6.61 Å². The zero-order chi connectivity index (χ0) is 12.2. The summed E-state index contributed by atoms with van der Waals surface area (Å²) in [5.74, 6) is -0.319. The Morgan fingerprint density at radius 2 is 2.06 bits per heavy atom. The predicted octanol–water partition coefficient (Wildman–Crippen LogP) is 3.39. The molecule has 0 heterocycles. The first-order valence-electron chi connectivity index (χ1n) is 4.97. The molecule has 0 saturated heterocycles. The lowest BCUT2D eigenvalue weighted by molar-refractivity contribution is 0.0684. The van der Waals surface area contributed by atoms with Crippen molar-refractivity contribution in [1.29, 1.82) is 0 Å². The molecule has 0 aliphatic heterocycles. The molecule has 0 aromatic heterocycles. The lowest BCUT2D eigenvalue weighted by Crippen LogP contribution is -2.20. The van der Waals surface area contributed by atoms with Crippen molar-refractivity contribution in [3.05, 3.63) is 30.1 Å². The van der Waals surface area contributed by atoms with Crippen LogP contribution in [0.15, 0.2) is 24.3 Å². The van der Waals surface area contributed by atoms with E-state index >= 15 is 0 Å². The van der Waals surface area contributed by atoms with Gasteiger partial charge in [-0.25, -0.2) is 9.18 Å². The Labute approximate surface area is 94.2 Å². The van der Waals surface area contributed by atoms with E-state index in [-0.39, 0.29) is 17.8 Å². The summed E-state index contributed by atoms with van der Waals surface area (Å²) in [5.41, 5.74) is -0.124. The third kappa shape index (κ3) is 4.77. The standard InChI is InChI=1S/C12H15FO3/c1-12(2,3)8-15-11(14)16-10-6-4-5-9(13)7-10/h4-7H,8H2,1-3H3. The normalized spacial score (nSPS) is 11.0. The van der Waals surface area contributed by atoms with Gasteiger partial charge in [-0.15, -0.1) is 0 Å². The van der Waals surface area contributed by atoms with E-state index in [0.717, 1.165) is 6.07 Å².